The molecule has 2 aliphatic rings. The van der Waals surface area contributed by atoms with Crippen LogP contribution >= 0.6 is 0 Å². The molecule has 1 aliphatic heterocycles. The van der Waals surface area contributed by atoms with Crippen molar-refractivity contribution in [1.82, 2.24) is 13.9 Å². The van der Waals surface area contributed by atoms with E-state index in [2.05, 4.69) is 24.5 Å². The van der Waals surface area contributed by atoms with Crippen molar-refractivity contribution in [3.8, 4) is 0 Å². The van der Waals surface area contributed by atoms with Gasteiger partial charge >= 0.3 is 0 Å². The number of rotatable bonds is 5. The second kappa shape index (κ2) is 6.40. The summed E-state index contributed by atoms with van der Waals surface area (Å²) in [6.07, 6.45) is 4.06. The van der Waals surface area contributed by atoms with Crippen LogP contribution < -0.4 is 0 Å². The van der Waals surface area contributed by atoms with Gasteiger partial charge in [0.15, 0.2) is 0 Å². The van der Waals surface area contributed by atoms with Gasteiger partial charge in [0.2, 0.25) is 10.0 Å². The molecule has 1 atom stereocenters. The Balaban J connectivity index is 1.65. The van der Waals surface area contributed by atoms with Gasteiger partial charge in [0.1, 0.15) is 5.82 Å². The highest BCUT2D eigenvalue weighted by Gasteiger charge is 2.36. The maximum absolute atomic E-state index is 12.7. The maximum Gasteiger partial charge on any atom is 0.214 e. The number of benzene rings is 1. The van der Waals surface area contributed by atoms with E-state index in [4.69, 9.17) is 4.98 Å². The van der Waals surface area contributed by atoms with Crippen molar-refractivity contribution in [2.24, 2.45) is 5.92 Å². The molecular weight excluding hydrogens is 334 g/mol. The second-order valence-corrected chi connectivity index (χ2v) is 9.86. The zero-order valence-electron chi connectivity index (χ0n) is 15.1. The van der Waals surface area contributed by atoms with Crippen LogP contribution in [0.5, 0.6) is 0 Å². The van der Waals surface area contributed by atoms with Crippen LogP contribution in [0.25, 0.3) is 11.0 Å². The van der Waals surface area contributed by atoms with E-state index in [0.29, 0.717) is 30.8 Å². The molecule has 2 heterocycles. The van der Waals surface area contributed by atoms with Crippen molar-refractivity contribution >= 4 is 21.1 Å². The molecule has 0 N–H and O–H groups in total. The molecule has 1 unspecified atom stereocenters. The molecule has 136 valence electrons. The largest absolute Gasteiger partial charge is 0.325 e. The van der Waals surface area contributed by atoms with Crippen LogP contribution in [0.2, 0.25) is 0 Å². The Morgan fingerprint density at radius 1 is 1.20 bits per heavy atom. The molecule has 1 saturated heterocycles. The van der Waals surface area contributed by atoms with Gasteiger partial charge in [-0.15, -0.1) is 0 Å². The Labute approximate surface area is 150 Å². The van der Waals surface area contributed by atoms with Gasteiger partial charge in [-0.2, -0.15) is 0 Å². The Morgan fingerprint density at radius 2 is 1.96 bits per heavy atom. The van der Waals surface area contributed by atoms with Crippen molar-refractivity contribution in [1.29, 1.82) is 0 Å². The lowest BCUT2D eigenvalue weighted by atomic mass is 9.98. The minimum absolute atomic E-state index is 0.178. The van der Waals surface area contributed by atoms with Crippen molar-refractivity contribution in [3.05, 3.63) is 30.1 Å². The van der Waals surface area contributed by atoms with Gasteiger partial charge in [0, 0.05) is 25.0 Å². The van der Waals surface area contributed by atoms with Gasteiger partial charge in [-0.05, 0) is 57.6 Å². The normalized spacial score (nSPS) is 22.8. The monoisotopic (exact) mass is 361 g/mol. The third-order valence-corrected chi connectivity index (χ3v) is 7.44. The molecule has 1 aliphatic carbocycles. The minimum atomic E-state index is -3.13. The van der Waals surface area contributed by atoms with E-state index in [0.717, 1.165) is 42.5 Å². The molecule has 2 aromatic rings. The lowest BCUT2D eigenvalue weighted by Crippen LogP contribution is -2.41. The summed E-state index contributed by atoms with van der Waals surface area (Å²) in [5, 5.41) is 0. The molecule has 0 spiro atoms. The lowest BCUT2D eigenvalue weighted by molar-refractivity contribution is 0.303. The maximum atomic E-state index is 12.7. The minimum Gasteiger partial charge on any atom is -0.325 e. The van der Waals surface area contributed by atoms with E-state index >= 15 is 0 Å². The first-order valence-electron chi connectivity index (χ1n) is 9.40. The van der Waals surface area contributed by atoms with Gasteiger partial charge in [0.05, 0.1) is 16.8 Å². The van der Waals surface area contributed by atoms with Crippen LogP contribution in [0, 0.1) is 5.92 Å². The van der Waals surface area contributed by atoms with Gasteiger partial charge in [-0.3, -0.25) is 0 Å². The molecular formula is C19H27N3O2S. The van der Waals surface area contributed by atoms with Crippen LogP contribution in [0.15, 0.2) is 24.3 Å². The molecule has 2 fully saturated rings. The number of hydrogen-bond acceptors (Lipinski definition) is 3. The predicted octanol–water partition coefficient (Wildman–Crippen LogP) is 3.54. The smallest absolute Gasteiger partial charge is 0.214 e. The summed E-state index contributed by atoms with van der Waals surface area (Å²) in [7, 11) is -3.13. The lowest BCUT2D eigenvalue weighted by Gasteiger charge is -2.32. The van der Waals surface area contributed by atoms with Gasteiger partial charge in [-0.1, -0.05) is 12.1 Å². The Morgan fingerprint density at radius 3 is 2.68 bits per heavy atom. The molecule has 6 heteroatoms. The summed E-state index contributed by atoms with van der Waals surface area (Å²) >= 11 is 0. The van der Waals surface area contributed by atoms with Crippen LogP contribution in [0.4, 0.5) is 0 Å². The van der Waals surface area contributed by atoms with E-state index < -0.39 is 10.0 Å². The van der Waals surface area contributed by atoms with E-state index in [-0.39, 0.29) is 5.92 Å². The summed E-state index contributed by atoms with van der Waals surface area (Å²) in [5.74, 6) is 1.95. The topological polar surface area (TPSA) is 55.2 Å². The first-order chi connectivity index (χ1) is 12.0. The number of piperidine rings is 1. The summed E-state index contributed by atoms with van der Waals surface area (Å²) in [4.78, 5) is 4.89. The number of para-hydroxylation sites is 2. The van der Waals surface area contributed by atoms with E-state index in [1.54, 1.807) is 4.31 Å². The van der Waals surface area contributed by atoms with Gasteiger partial charge in [0.25, 0.3) is 0 Å². The number of sulfonamides is 1. The standard InChI is InChI=1S/C19H27N3O2S/c1-14(2)22-18-8-4-3-7-17(18)20-19(22)16-6-5-11-21(12-16)25(23,24)13-15-9-10-15/h3-4,7-8,14-16H,5-6,9-13H2,1-2H3. The Hall–Kier alpha value is -1.40. The first kappa shape index (κ1) is 17.0. The van der Waals surface area contributed by atoms with Crippen molar-refractivity contribution in [2.45, 2.75) is 51.5 Å². The highest BCUT2D eigenvalue weighted by atomic mass is 32.2. The van der Waals surface area contributed by atoms with E-state index in [1.807, 2.05) is 18.2 Å². The van der Waals surface area contributed by atoms with E-state index in [9.17, 15) is 8.42 Å². The third-order valence-electron chi connectivity index (χ3n) is 5.43. The van der Waals surface area contributed by atoms with E-state index in [1.165, 1.54) is 0 Å². The fourth-order valence-electron chi connectivity index (χ4n) is 3.99. The van der Waals surface area contributed by atoms with Crippen molar-refractivity contribution < 1.29 is 8.42 Å². The summed E-state index contributed by atoms with van der Waals surface area (Å²) in [6.45, 7) is 5.57. The van der Waals surface area contributed by atoms with Crippen LogP contribution in [0.1, 0.15) is 57.3 Å². The SMILES string of the molecule is CC(C)n1c(C2CCCN(S(=O)(=O)CC3CC3)C2)nc2ccccc21. The molecule has 25 heavy (non-hydrogen) atoms. The first-order valence-corrected chi connectivity index (χ1v) is 11.0. The summed E-state index contributed by atoms with van der Waals surface area (Å²) < 4.78 is 29.4. The molecule has 1 aromatic carbocycles. The molecule has 5 nitrogen and oxygen atoms in total. The number of aromatic nitrogens is 2. The van der Waals surface area contributed by atoms with Gasteiger partial charge in [-0.25, -0.2) is 17.7 Å². The fourth-order valence-corrected chi connectivity index (χ4v) is 5.94. The molecule has 1 saturated carbocycles. The Kier molecular flexibility index (Phi) is 4.36. The zero-order valence-corrected chi connectivity index (χ0v) is 15.9. The summed E-state index contributed by atoms with van der Waals surface area (Å²) in [5.41, 5.74) is 2.15. The second-order valence-electron chi connectivity index (χ2n) is 7.84. The predicted molar refractivity (Wildman–Crippen MR) is 100 cm³/mol. The summed E-state index contributed by atoms with van der Waals surface area (Å²) in [6, 6.07) is 8.51. The number of hydrogen-bond donors (Lipinski definition) is 0. The average Bonchev–Trinajstić information content (AvgIpc) is 3.29. The fraction of sp³-hybridized carbons (Fsp3) is 0.632. The molecule has 1 aromatic heterocycles. The average molecular weight is 362 g/mol. The van der Waals surface area contributed by atoms with Crippen LogP contribution in [-0.2, 0) is 10.0 Å². The number of nitrogens with zero attached hydrogens (tertiary/aromatic N) is 3. The number of fused-ring (bicyclic) bond motifs is 1. The molecule has 0 radical (unpaired) electrons. The number of imidazole rings is 1. The Bertz CT molecular complexity index is 868. The quantitative estimate of drug-likeness (QED) is 0.818. The highest BCUT2D eigenvalue weighted by molar-refractivity contribution is 7.89. The van der Waals surface area contributed by atoms with Crippen molar-refractivity contribution in [2.75, 3.05) is 18.8 Å². The molecule has 4 rings (SSSR count). The van der Waals surface area contributed by atoms with Crippen molar-refractivity contribution in [3.63, 3.8) is 0 Å². The van der Waals surface area contributed by atoms with Crippen LogP contribution in [-0.4, -0.2) is 41.1 Å². The third kappa shape index (κ3) is 3.34. The molecule has 0 bridgehead atoms. The van der Waals surface area contributed by atoms with Gasteiger partial charge < -0.3 is 4.57 Å². The van der Waals surface area contributed by atoms with Crippen LogP contribution in [0.3, 0.4) is 0 Å². The zero-order chi connectivity index (χ0) is 17.6. The highest BCUT2D eigenvalue weighted by Crippen LogP contribution is 2.35. The molecule has 0 amide bonds.